The minimum atomic E-state index is 0.683. The van der Waals surface area contributed by atoms with Crippen LogP contribution >= 0.6 is 15.9 Å². The molecular weight excluding hydrogens is 440 g/mol. The standard InChI is InChI=1S/C25H23BrN2O2/c1-17-6-4-5-7-20(17)16-28-25(19-10-14-22(30-3)15-11-19)23(26)24(27-28)18-8-12-21(29-2)13-9-18/h4-15H,16H2,1-3H3. The molecule has 0 aliphatic heterocycles. The average Bonchev–Trinajstić information content (AvgIpc) is 3.11. The summed E-state index contributed by atoms with van der Waals surface area (Å²) in [7, 11) is 3.35. The van der Waals surface area contributed by atoms with Crippen LogP contribution in [0.2, 0.25) is 0 Å². The molecule has 0 aliphatic carbocycles. The number of aromatic nitrogens is 2. The molecule has 0 atom stereocenters. The number of benzene rings is 3. The van der Waals surface area contributed by atoms with Crippen molar-refractivity contribution >= 4 is 15.9 Å². The Morgan fingerprint density at radius 1 is 0.800 bits per heavy atom. The summed E-state index contributed by atoms with van der Waals surface area (Å²) in [4.78, 5) is 0. The van der Waals surface area contributed by atoms with E-state index >= 15 is 0 Å². The largest absolute Gasteiger partial charge is 0.497 e. The van der Waals surface area contributed by atoms with Crippen molar-refractivity contribution in [2.75, 3.05) is 14.2 Å². The van der Waals surface area contributed by atoms with E-state index < -0.39 is 0 Å². The quantitative estimate of drug-likeness (QED) is 0.334. The van der Waals surface area contributed by atoms with Crippen LogP contribution in [0.4, 0.5) is 0 Å². The molecule has 3 aromatic carbocycles. The van der Waals surface area contributed by atoms with E-state index in [2.05, 4.69) is 63.9 Å². The SMILES string of the molecule is COc1ccc(-c2nn(Cc3ccccc3C)c(-c3ccc(OC)cc3)c2Br)cc1. The highest BCUT2D eigenvalue weighted by molar-refractivity contribution is 9.10. The Labute approximate surface area is 185 Å². The number of methoxy groups -OCH3 is 2. The van der Waals surface area contributed by atoms with Crippen LogP contribution in [0.25, 0.3) is 22.5 Å². The Balaban J connectivity index is 1.84. The maximum Gasteiger partial charge on any atom is 0.118 e. The summed E-state index contributed by atoms with van der Waals surface area (Å²) in [6, 6.07) is 24.4. The molecule has 0 saturated heterocycles. The fourth-order valence-electron chi connectivity index (χ4n) is 3.46. The van der Waals surface area contributed by atoms with Crippen molar-refractivity contribution in [1.29, 1.82) is 0 Å². The van der Waals surface area contributed by atoms with Gasteiger partial charge in [0.25, 0.3) is 0 Å². The van der Waals surface area contributed by atoms with Gasteiger partial charge in [-0.1, -0.05) is 24.3 Å². The third-order valence-electron chi connectivity index (χ3n) is 5.20. The Hall–Kier alpha value is -3.05. The predicted octanol–water partition coefficient (Wildman–Crippen LogP) is 6.35. The van der Waals surface area contributed by atoms with Gasteiger partial charge in [0.1, 0.15) is 17.2 Å². The van der Waals surface area contributed by atoms with Crippen molar-refractivity contribution in [3.63, 3.8) is 0 Å². The summed E-state index contributed by atoms with van der Waals surface area (Å²) in [6.45, 7) is 2.81. The molecule has 0 radical (unpaired) electrons. The Bertz CT molecular complexity index is 1150. The van der Waals surface area contributed by atoms with Gasteiger partial charge in [-0.05, 0) is 82.5 Å². The van der Waals surface area contributed by atoms with Crippen LogP contribution in [0.3, 0.4) is 0 Å². The second-order valence-electron chi connectivity index (χ2n) is 7.05. The summed E-state index contributed by atoms with van der Waals surface area (Å²) < 4.78 is 13.7. The molecule has 0 fully saturated rings. The van der Waals surface area contributed by atoms with Gasteiger partial charge < -0.3 is 9.47 Å². The molecule has 0 N–H and O–H groups in total. The van der Waals surface area contributed by atoms with E-state index in [0.717, 1.165) is 38.5 Å². The molecule has 1 aromatic heterocycles. The maximum absolute atomic E-state index is 5.33. The lowest BCUT2D eigenvalue weighted by molar-refractivity contribution is 0.414. The van der Waals surface area contributed by atoms with E-state index in [1.54, 1.807) is 14.2 Å². The molecule has 5 heteroatoms. The Kier molecular flexibility index (Phi) is 5.91. The van der Waals surface area contributed by atoms with E-state index in [4.69, 9.17) is 14.6 Å². The van der Waals surface area contributed by atoms with Crippen molar-refractivity contribution in [3.8, 4) is 34.0 Å². The molecule has 4 nitrogen and oxygen atoms in total. The highest BCUT2D eigenvalue weighted by Gasteiger charge is 2.19. The summed E-state index contributed by atoms with van der Waals surface area (Å²) in [5.74, 6) is 1.65. The molecule has 0 aliphatic rings. The van der Waals surface area contributed by atoms with E-state index in [0.29, 0.717) is 6.54 Å². The van der Waals surface area contributed by atoms with Crippen LogP contribution in [0.5, 0.6) is 11.5 Å². The number of hydrogen-bond donors (Lipinski definition) is 0. The lowest BCUT2D eigenvalue weighted by Crippen LogP contribution is -2.05. The first-order chi connectivity index (χ1) is 14.6. The zero-order chi connectivity index (χ0) is 21.1. The average molecular weight is 463 g/mol. The van der Waals surface area contributed by atoms with Gasteiger partial charge >= 0.3 is 0 Å². The van der Waals surface area contributed by atoms with Crippen LogP contribution in [-0.2, 0) is 6.54 Å². The molecule has 0 unspecified atom stereocenters. The molecular formula is C25H23BrN2O2. The molecule has 152 valence electrons. The third-order valence-corrected chi connectivity index (χ3v) is 5.95. The highest BCUT2D eigenvalue weighted by Crippen LogP contribution is 2.38. The second kappa shape index (κ2) is 8.76. The van der Waals surface area contributed by atoms with Gasteiger partial charge in [0.15, 0.2) is 0 Å². The van der Waals surface area contributed by atoms with Crippen LogP contribution in [0, 0.1) is 6.92 Å². The summed E-state index contributed by atoms with van der Waals surface area (Å²) in [6.07, 6.45) is 0. The summed E-state index contributed by atoms with van der Waals surface area (Å²) in [5.41, 5.74) is 6.52. The number of halogens is 1. The lowest BCUT2D eigenvalue weighted by Gasteiger charge is -2.11. The van der Waals surface area contributed by atoms with Gasteiger partial charge in [0.05, 0.1) is 30.9 Å². The van der Waals surface area contributed by atoms with Crippen molar-refractivity contribution in [3.05, 3.63) is 88.4 Å². The second-order valence-corrected chi connectivity index (χ2v) is 7.85. The van der Waals surface area contributed by atoms with Gasteiger partial charge in [-0.2, -0.15) is 5.10 Å². The highest BCUT2D eigenvalue weighted by atomic mass is 79.9. The number of rotatable bonds is 6. The predicted molar refractivity (Wildman–Crippen MR) is 124 cm³/mol. The number of aryl methyl sites for hydroxylation is 1. The number of nitrogens with zero attached hydrogens (tertiary/aromatic N) is 2. The molecule has 0 saturated carbocycles. The topological polar surface area (TPSA) is 36.3 Å². The minimum absolute atomic E-state index is 0.683. The Morgan fingerprint density at radius 3 is 1.93 bits per heavy atom. The van der Waals surface area contributed by atoms with Crippen molar-refractivity contribution in [2.24, 2.45) is 0 Å². The molecule has 0 amide bonds. The number of hydrogen-bond acceptors (Lipinski definition) is 3. The van der Waals surface area contributed by atoms with Crippen molar-refractivity contribution in [1.82, 2.24) is 9.78 Å². The van der Waals surface area contributed by atoms with E-state index in [1.807, 2.05) is 36.4 Å². The zero-order valence-electron chi connectivity index (χ0n) is 17.2. The summed E-state index contributed by atoms with van der Waals surface area (Å²) in [5, 5.41) is 4.99. The molecule has 4 aromatic rings. The first-order valence-electron chi connectivity index (χ1n) is 9.70. The first kappa shape index (κ1) is 20.2. The number of ether oxygens (including phenoxy) is 2. The van der Waals surface area contributed by atoms with Crippen LogP contribution in [0.15, 0.2) is 77.3 Å². The van der Waals surface area contributed by atoms with Crippen molar-refractivity contribution < 1.29 is 9.47 Å². The van der Waals surface area contributed by atoms with E-state index in [-0.39, 0.29) is 0 Å². The van der Waals surface area contributed by atoms with E-state index in [1.165, 1.54) is 11.1 Å². The molecule has 1 heterocycles. The van der Waals surface area contributed by atoms with Crippen LogP contribution < -0.4 is 9.47 Å². The molecule has 0 bridgehead atoms. The Morgan fingerprint density at radius 2 is 1.37 bits per heavy atom. The molecule has 30 heavy (non-hydrogen) atoms. The minimum Gasteiger partial charge on any atom is -0.497 e. The monoisotopic (exact) mass is 462 g/mol. The van der Waals surface area contributed by atoms with Gasteiger partial charge in [0.2, 0.25) is 0 Å². The smallest absolute Gasteiger partial charge is 0.118 e. The lowest BCUT2D eigenvalue weighted by atomic mass is 10.1. The van der Waals surface area contributed by atoms with Crippen molar-refractivity contribution in [2.45, 2.75) is 13.5 Å². The fourth-order valence-corrected chi connectivity index (χ4v) is 4.20. The van der Waals surface area contributed by atoms with Gasteiger partial charge in [0, 0.05) is 11.1 Å². The maximum atomic E-state index is 5.33. The summed E-state index contributed by atoms with van der Waals surface area (Å²) >= 11 is 3.83. The van der Waals surface area contributed by atoms with Crippen LogP contribution in [-0.4, -0.2) is 24.0 Å². The molecule has 0 spiro atoms. The van der Waals surface area contributed by atoms with E-state index in [9.17, 15) is 0 Å². The molecule has 4 rings (SSSR count). The fraction of sp³-hybridized carbons (Fsp3) is 0.160. The van der Waals surface area contributed by atoms with Crippen LogP contribution in [0.1, 0.15) is 11.1 Å². The van der Waals surface area contributed by atoms with Gasteiger partial charge in [-0.25, -0.2) is 0 Å². The zero-order valence-corrected chi connectivity index (χ0v) is 18.8. The van der Waals surface area contributed by atoms with Gasteiger partial charge in [-0.15, -0.1) is 0 Å². The third kappa shape index (κ3) is 3.98. The first-order valence-corrected chi connectivity index (χ1v) is 10.5. The normalized spacial score (nSPS) is 10.8. The van der Waals surface area contributed by atoms with Gasteiger partial charge in [-0.3, -0.25) is 4.68 Å².